The van der Waals surface area contributed by atoms with E-state index in [9.17, 15) is 4.79 Å². The first-order valence-corrected chi connectivity index (χ1v) is 11.7. The Balaban J connectivity index is 1.22. The lowest BCUT2D eigenvalue weighted by Crippen LogP contribution is -2.34. The standard InChI is InChI=1S/C27H26N6O/c1-17-6-5-11-28-25(17)21-10-9-18(2)30-26(21)27(34)33-15-19-13-32(14-20(19)16-33)24-12-29-22-7-3-4-8-23(22)31-24/h3-12,19-20H,13-16H2,1-2H3. The summed E-state index contributed by atoms with van der Waals surface area (Å²) in [5, 5.41) is 0. The minimum absolute atomic E-state index is 0.00444. The van der Waals surface area contributed by atoms with Gasteiger partial charge < -0.3 is 9.80 Å². The van der Waals surface area contributed by atoms with Crippen molar-refractivity contribution in [3.05, 3.63) is 77.9 Å². The van der Waals surface area contributed by atoms with Gasteiger partial charge in [-0.05, 0) is 49.7 Å². The number of hydrogen-bond donors (Lipinski definition) is 0. The molecular weight excluding hydrogens is 424 g/mol. The number of rotatable bonds is 3. The van der Waals surface area contributed by atoms with E-state index in [-0.39, 0.29) is 5.91 Å². The van der Waals surface area contributed by atoms with E-state index in [0.717, 1.165) is 65.5 Å². The van der Waals surface area contributed by atoms with Gasteiger partial charge in [0, 0.05) is 55.5 Å². The number of aromatic nitrogens is 4. The van der Waals surface area contributed by atoms with E-state index in [1.807, 2.05) is 73.5 Å². The molecule has 0 bridgehead atoms. The molecule has 34 heavy (non-hydrogen) atoms. The third-order valence-corrected chi connectivity index (χ3v) is 7.03. The molecule has 1 amide bonds. The van der Waals surface area contributed by atoms with E-state index in [4.69, 9.17) is 4.98 Å². The first kappa shape index (κ1) is 20.7. The van der Waals surface area contributed by atoms with Crippen LogP contribution in [0.5, 0.6) is 0 Å². The SMILES string of the molecule is Cc1ccc(-c2ncccc2C)c(C(=O)N2CC3CN(c4cnc5ccccc5n4)CC3C2)n1. The molecule has 1 aromatic carbocycles. The Morgan fingerprint density at radius 1 is 0.853 bits per heavy atom. The van der Waals surface area contributed by atoms with Gasteiger partial charge in [0.05, 0.1) is 22.9 Å². The minimum atomic E-state index is -0.00444. The van der Waals surface area contributed by atoms with E-state index < -0.39 is 0 Å². The van der Waals surface area contributed by atoms with Gasteiger partial charge in [-0.2, -0.15) is 0 Å². The number of pyridine rings is 2. The van der Waals surface area contributed by atoms with Gasteiger partial charge in [-0.1, -0.05) is 18.2 Å². The molecule has 170 valence electrons. The number of para-hydroxylation sites is 2. The zero-order valence-corrected chi connectivity index (χ0v) is 19.3. The summed E-state index contributed by atoms with van der Waals surface area (Å²) >= 11 is 0. The maximum atomic E-state index is 13.6. The summed E-state index contributed by atoms with van der Waals surface area (Å²) in [5.74, 6) is 1.75. The molecule has 0 spiro atoms. The second kappa shape index (κ2) is 8.17. The molecule has 7 nitrogen and oxygen atoms in total. The number of nitrogens with zero attached hydrogens (tertiary/aromatic N) is 6. The number of fused-ring (bicyclic) bond motifs is 2. The van der Waals surface area contributed by atoms with Gasteiger partial charge >= 0.3 is 0 Å². The van der Waals surface area contributed by atoms with Gasteiger partial charge in [-0.25, -0.2) is 9.97 Å². The van der Waals surface area contributed by atoms with Crippen molar-refractivity contribution in [3.8, 4) is 11.3 Å². The monoisotopic (exact) mass is 450 g/mol. The average molecular weight is 451 g/mol. The van der Waals surface area contributed by atoms with Crippen LogP contribution in [0.4, 0.5) is 5.82 Å². The highest BCUT2D eigenvalue weighted by Crippen LogP contribution is 2.35. The summed E-state index contributed by atoms with van der Waals surface area (Å²) in [7, 11) is 0. The predicted molar refractivity (Wildman–Crippen MR) is 132 cm³/mol. The van der Waals surface area contributed by atoms with Crippen molar-refractivity contribution in [3.63, 3.8) is 0 Å². The van der Waals surface area contributed by atoms with Crippen LogP contribution in [0.15, 0.2) is 60.9 Å². The summed E-state index contributed by atoms with van der Waals surface area (Å²) in [6, 6.07) is 15.8. The van der Waals surface area contributed by atoms with Crippen LogP contribution < -0.4 is 4.90 Å². The Hall–Kier alpha value is -3.87. The highest BCUT2D eigenvalue weighted by Gasteiger charge is 2.43. The van der Waals surface area contributed by atoms with Gasteiger partial charge in [0.15, 0.2) is 0 Å². The molecule has 3 aromatic heterocycles. The molecule has 0 radical (unpaired) electrons. The maximum Gasteiger partial charge on any atom is 0.273 e. The quantitative estimate of drug-likeness (QED) is 0.471. The van der Waals surface area contributed by atoms with Crippen LogP contribution in [-0.2, 0) is 0 Å². The topological polar surface area (TPSA) is 75.1 Å². The van der Waals surface area contributed by atoms with Crippen LogP contribution in [0, 0.1) is 25.7 Å². The Bertz CT molecular complexity index is 1390. The number of carbonyl (C=O) groups excluding carboxylic acids is 1. The Morgan fingerprint density at radius 3 is 2.38 bits per heavy atom. The molecule has 2 aliphatic heterocycles. The third kappa shape index (κ3) is 3.57. The second-order valence-corrected chi connectivity index (χ2v) is 9.37. The molecule has 2 saturated heterocycles. The Kier molecular flexibility index (Phi) is 4.98. The number of anilines is 1. The van der Waals surface area contributed by atoms with Crippen molar-refractivity contribution in [1.29, 1.82) is 0 Å². The highest BCUT2D eigenvalue weighted by atomic mass is 16.2. The van der Waals surface area contributed by atoms with Gasteiger partial charge in [0.1, 0.15) is 11.5 Å². The fraction of sp³-hybridized carbons (Fsp3) is 0.296. The van der Waals surface area contributed by atoms with Gasteiger partial charge in [-0.3, -0.25) is 14.8 Å². The third-order valence-electron chi connectivity index (χ3n) is 7.03. The summed E-state index contributed by atoms with van der Waals surface area (Å²) in [6.45, 7) is 7.17. The summed E-state index contributed by atoms with van der Waals surface area (Å²) in [5.41, 5.74) is 5.81. The van der Waals surface area contributed by atoms with Crippen molar-refractivity contribution in [2.45, 2.75) is 13.8 Å². The lowest BCUT2D eigenvalue weighted by molar-refractivity contribution is 0.0777. The van der Waals surface area contributed by atoms with Gasteiger partial charge in [-0.15, -0.1) is 0 Å². The van der Waals surface area contributed by atoms with E-state index in [1.165, 1.54) is 0 Å². The number of amides is 1. The van der Waals surface area contributed by atoms with Crippen LogP contribution in [0.3, 0.4) is 0 Å². The maximum absolute atomic E-state index is 13.6. The molecule has 2 unspecified atom stereocenters. The molecular formula is C27H26N6O. The number of benzene rings is 1. The molecule has 2 atom stereocenters. The zero-order chi connectivity index (χ0) is 23.2. The minimum Gasteiger partial charge on any atom is -0.355 e. The first-order valence-electron chi connectivity index (χ1n) is 11.7. The first-order chi connectivity index (χ1) is 16.6. The number of hydrogen-bond acceptors (Lipinski definition) is 6. The Labute approximate surface area is 198 Å². The van der Waals surface area contributed by atoms with Gasteiger partial charge in [0.2, 0.25) is 0 Å². The lowest BCUT2D eigenvalue weighted by atomic mass is 10.0. The number of carbonyl (C=O) groups is 1. The molecule has 0 saturated carbocycles. The molecule has 6 rings (SSSR count). The molecule has 4 aromatic rings. The fourth-order valence-electron chi connectivity index (χ4n) is 5.27. The van der Waals surface area contributed by atoms with Gasteiger partial charge in [0.25, 0.3) is 5.91 Å². The summed E-state index contributed by atoms with van der Waals surface area (Å²) < 4.78 is 0. The lowest BCUT2D eigenvalue weighted by Gasteiger charge is -2.23. The smallest absolute Gasteiger partial charge is 0.273 e. The highest BCUT2D eigenvalue weighted by molar-refractivity contribution is 5.99. The molecule has 0 N–H and O–H groups in total. The van der Waals surface area contributed by atoms with Crippen LogP contribution >= 0.6 is 0 Å². The van der Waals surface area contributed by atoms with E-state index in [0.29, 0.717) is 17.5 Å². The van der Waals surface area contributed by atoms with Crippen molar-refractivity contribution in [1.82, 2.24) is 24.8 Å². The summed E-state index contributed by atoms with van der Waals surface area (Å²) in [6.07, 6.45) is 3.63. The van der Waals surface area contributed by atoms with Crippen molar-refractivity contribution < 1.29 is 4.79 Å². The van der Waals surface area contributed by atoms with Crippen molar-refractivity contribution >= 4 is 22.8 Å². The van der Waals surface area contributed by atoms with Crippen molar-refractivity contribution in [2.24, 2.45) is 11.8 Å². The summed E-state index contributed by atoms with van der Waals surface area (Å²) in [4.78, 5) is 36.5. The molecule has 2 fully saturated rings. The van der Waals surface area contributed by atoms with Crippen LogP contribution in [-0.4, -0.2) is 56.9 Å². The largest absolute Gasteiger partial charge is 0.355 e. The zero-order valence-electron chi connectivity index (χ0n) is 19.3. The number of aryl methyl sites for hydroxylation is 2. The predicted octanol–water partition coefficient (Wildman–Crippen LogP) is 3.91. The van der Waals surface area contributed by atoms with E-state index >= 15 is 0 Å². The average Bonchev–Trinajstić information content (AvgIpc) is 3.43. The van der Waals surface area contributed by atoms with E-state index in [2.05, 4.69) is 19.9 Å². The van der Waals surface area contributed by atoms with Crippen molar-refractivity contribution in [2.75, 3.05) is 31.1 Å². The fourth-order valence-corrected chi connectivity index (χ4v) is 5.27. The van der Waals surface area contributed by atoms with Crippen LogP contribution in [0.2, 0.25) is 0 Å². The second-order valence-electron chi connectivity index (χ2n) is 9.37. The van der Waals surface area contributed by atoms with E-state index in [1.54, 1.807) is 6.20 Å². The van der Waals surface area contributed by atoms with Crippen LogP contribution in [0.1, 0.15) is 21.7 Å². The molecule has 2 aliphatic rings. The van der Waals surface area contributed by atoms with Crippen LogP contribution in [0.25, 0.3) is 22.3 Å². The molecule has 0 aliphatic carbocycles. The molecule has 5 heterocycles. The normalized spacial score (nSPS) is 19.6. The molecule has 7 heteroatoms. The Morgan fingerprint density at radius 2 is 1.62 bits per heavy atom. The number of likely N-dealkylation sites (tertiary alicyclic amines) is 1.